The Morgan fingerprint density at radius 3 is 2.39 bits per heavy atom. The van der Waals surface area contributed by atoms with Gasteiger partial charge in [0, 0.05) is 11.8 Å². The summed E-state index contributed by atoms with van der Waals surface area (Å²) in [4.78, 5) is 12.5. The molecule has 0 saturated heterocycles. The lowest BCUT2D eigenvalue weighted by atomic mass is 9.43. The monoisotopic (exact) mass is 432 g/mol. The lowest BCUT2D eigenvalue weighted by molar-refractivity contribution is -0.175. The number of ketones is 1. The lowest BCUT2D eigenvalue weighted by Gasteiger charge is -2.62. The highest BCUT2D eigenvalue weighted by Crippen LogP contribution is 2.68. The summed E-state index contributed by atoms with van der Waals surface area (Å²) >= 11 is 0. The molecule has 0 aromatic rings. The van der Waals surface area contributed by atoms with Crippen LogP contribution < -0.4 is 0 Å². The molecule has 4 aliphatic carbocycles. The van der Waals surface area contributed by atoms with E-state index < -0.39 is 0 Å². The summed E-state index contributed by atoms with van der Waals surface area (Å²) in [6, 6.07) is 0. The van der Waals surface area contributed by atoms with Crippen LogP contribution in [0.5, 0.6) is 0 Å². The normalized spacial score (nSPS) is 48.5. The van der Waals surface area contributed by atoms with Crippen molar-refractivity contribution in [3.63, 3.8) is 0 Å². The van der Waals surface area contributed by atoms with Crippen molar-refractivity contribution in [2.24, 2.45) is 51.8 Å². The quantitative estimate of drug-likeness (QED) is 0.572. The van der Waals surface area contributed by atoms with Gasteiger partial charge in [0.2, 0.25) is 0 Å². The number of carbonyl (C=O) groups excluding carboxylic acids is 1. The maximum absolute atomic E-state index is 12.5. The van der Waals surface area contributed by atoms with Gasteiger partial charge >= 0.3 is 0 Å². The number of carbonyl (C=O) groups is 1. The highest BCUT2D eigenvalue weighted by molar-refractivity contribution is 5.83. The van der Waals surface area contributed by atoms with E-state index in [0.29, 0.717) is 47.2 Å². The molecule has 10 atom stereocenters. The minimum absolute atomic E-state index is 0.00272. The fourth-order valence-corrected chi connectivity index (χ4v) is 9.10. The van der Waals surface area contributed by atoms with E-state index in [1.54, 1.807) is 0 Å². The van der Waals surface area contributed by atoms with Gasteiger partial charge in [0.15, 0.2) is 0 Å². The van der Waals surface area contributed by atoms with Crippen molar-refractivity contribution in [2.75, 3.05) is 0 Å². The predicted octanol–water partition coefficient (Wildman–Crippen LogP) is 6.01. The molecule has 2 N–H and O–H groups in total. The van der Waals surface area contributed by atoms with Gasteiger partial charge in [0.1, 0.15) is 5.78 Å². The summed E-state index contributed by atoms with van der Waals surface area (Å²) in [5.74, 6) is 3.99. The summed E-state index contributed by atoms with van der Waals surface area (Å²) in [5.41, 5.74) is 0.0527. The molecule has 178 valence electrons. The minimum Gasteiger partial charge on any atom is -0.393 e. The molecule has 3 heteroatoms. The molecule has 0 unspecified atom stereocenters. The van der Waals surface area contributed by atoms with Crippen LogP contribution in [0.3, 0.4) is 0 Å². The molecule has 4 saturated carbocycles. The van der Waals surface area contributed by atoms with Gasteiger partial charge in [-0.15, -0.1) is 0 Å². The molecule has 4 fully saturated rings. The van der Waals surface area contributed by atoms with Crippen LogP contribution in [0.1, 0.15) is 106 Å². The van der Waals surface area contributed by atoms with Gasteiger partial charge in [0.05, 0.1) is 12.2 Å². The summed E-state index contributed by atoms with van der Waals surface area (Å²) < 4.78 is 0. The Morgan fingerprint density at radius 1 is 1.00 bits per heavy atom. The van der Waals surface area contributed by atoms with Crippen LogP contribution in [0.4, 0.5) is 0 Å². The number of rotatable bonds is 4. The second-order valence-electron chi connectivity index (χ2n) is 13.6. The van der Waals surface area contributed by atoms with E-state index in [4.69, 9.17) is 0 Å². The molecule has 0 heterocycles. The topological polar surface area (TPSA) is 57.5 Å². The molecule has 3 nitrogen and oxygen atoms in total. The first kappa shape index (κ1) is 23.7. The fourth-order valence-electron chi connectivity index (χ4n) is 9.10. The van der Waals surface area contributed by atoms with Gasteiger partial charge in [-0.1, -0.05) is 41.5 Å². The molecule has 0 spiro atoms. The van der Waals surface area contributed by atoms with Crippen molar-refractivity contribution < 1.29 is 15.0 Å². The van der Waals surface area contributed by atoms with Crippen molar-refractivity contribution in [3.8, 4) is 0 Å². The SMILES string of the molecule is C[C@H](CCC(=O)C(C)(C)C)[C@H]1CC[C@H]2[C@@H]3CC[C@@H]4C[C@H](O)CC[C@]4(C)[C@H]3C[C@H](O)[C@]12C. The van der Waals surface area contributed by atoms with Crippen LogP contribution in [0.25, 0.3) is 0 Å². The zero-order chi connectivity index (χ0) is 22.8. The number of hydrogen-bond donors (Lipinski definition) is 2. The van der Waals surface area contributed by atoms with Crippen molar-refractivity contribution >= 4 is 5.78 Å². The van der Waals surface area contributed by atoms with Gasteiger partial charge in [-0.25, -0.2) is 0 Å². The Hall–Kier alpha value is -0.410. The van der Waals surface area contributed by atoms with Crippen LogP contribution in [-0.4, -0.2) is 28.2 Å². The Labute approximate surface area is 190 Å². The lowest BCUT2D eigenvalue weighted by Crippen LogP contribution is -2.58. The number of fused-ring (bicyclic) bond motifs is 5. The van der Waals surface area contributed by atoms with E-state index in [-0.39, 0.29) is 23.0 Å². The highest BCUT2D eigenvalue weighted by Gasteiger charge is 2.63. The van der Waals surface area contributed by atoms with Crippen LogP contribution in [0.15, 0.2) is 0 Å². The summed E-state index contributed by atoms with van der Waals surface area (Å²) in [5, 5.41) is 21.9. The third-order valence-corrected chi connectivity index (χ3v) is 11.2. The van der Waals surface area contributed by atoms with Gasteiger partial charge in [-0.05, 0) is 104 Å². The van der Waals surface area contributed by atoms with Crippen molar-refractivity contribution in [2.45, 2.75) is 118 Å². The highest BCUT2D eigenvalue weighted by atomic mass is 16.3. The first-order chi connectivity index (χ1) is 14.4. The predicted molar refractivity (Wildman–Crippen MR) is 125 cm³/mol. The van der Waals surface area contributed by atoms with Gasteiger partial charge in [-0.3, -0.25) is 4.79 Å². The molecule has 0 aromatic heterocycles. The number of aliphatic hydroxyl groups is 2. The van der Waals surface area contributed by atoms with Crippen LogP contribution in [-0.2, 0) is 4.79 Å². The Kier molecular flexibility index (Phi) is 6.21. The average Bonchev–Trinajstić information content (AvgIpc) is 3.05. The fraction of sp³-hybridized carbons (Fsp3) is 0.964. The first-order valence-electron chi connectivity index (χ1n) is 13.3. The second-order valence-corrected chi connectivity index (χ2v) is 13.6. The van der Waals surface area contributed by atoms with Gasteiger partial charge < -0.3 is 10.2 Å². The third-order valence-electron chi connectivity index (χ3n) is 11.2. The molecule has 0 bridgehead atoms. The third kappa shape index (κ3) is 3.84. The molecule has 4 aliphatic rings. The summed E-state index contributed by atoms with van der Waals surface area (Å²) in [7, 11) is 0. The van der Waals surface area contributed by atoms with E-state index in [1.807, 2.05) is 20.8 Å². The molecule has 0 radical (unpaired) electrons. The van der Waals surface area contributed by atoms with Crippen molar-refractivity contribution in [1.82, 2.24) is 0 Å². The summed E-state index contributed by atoms with van der Waals surface area (Å²) in [6.45, 7) is 13.3. The average molecular weight is 433 g/mol. The van der Waals surface area contributed by atoms with E-state index in [2.05, 4.69) is 20.8 Å². The van der Waals surface area contributed by atoms with E-state index in [0.717, 1.165) is 38.0 Å². The molecular weight excluding hydrogens is 384 g/mol. The molecule has 0 amide bonds. The largest absolute Gasteiger partial charge is 0.393 e. The Morgan fingerprint density at radius 2 is 1.71 bits per heavy atom. The maximum atomic E-state index is 12.5. The second kappa shape index (κ2) is 8.12. The molecule has 31 heavy (non-hydrogen) atoms. The number of Topliss-reactive ketones (excluding diaryl/α,β-unsaturated/α-hetero) is 1. The smallest absolute Gasteiger partial charge is 0.138 e. The van der Waals surface area contributed by atoms with E-state index in [9.17, 15) is 15.0 Å². The summed E-state index contributed by atoms with van der Waals surface area (Å²) in [6.07, 6.45) is 10.3. The standard InChI is InChI=1S/C28H48O3/c1-17(7-12-24(30)26(2,3)4)21-10-11-22-20-9-8-18-15-19(29)13-14-27(18,5)23(20)16-25(31)28(21,22)6/h17-23,25,29,31H,7-16H2,1-6H3/t17-,18-,19-,20+,21-,22+,23+,25+,27+,28-/m1/s1. The molecule has 0 aromatic carbocycles. The van der Waals surface area contributed by atoms with Crippen LogP contribution in [0.2, 0.25) is 0 Å². The maximum Gasteiger partial charge on any atom is 0.138 e. The number of hydrogen-bond acceptors (Lipinski definition) is 3. The zero-order valence-electron chi connectivity index (χ0n) is 21.0. The molecule has 4 rings (SSSR count). The Bertz CT molecular complexity index is 680. The van der Waals surface area contributed by atoms with Gasteiger partial charge in [-0.2, -0.15) is 0 Å². The van der Waals surface area contributed by atoms with Crippen molar-refractivity contribution in [1.29, 1.82) is 0 Å². The minimum atomic E-state index is -0.249. The van der Waals surface area contributed by atoms with Crippen LogP contribution in [0, 0.1) is 51.8 Å². The van der Waals surface area contributed by atoms with Crippen molar-refractivity contribution in [3.05, 3.63) is 0 Å². The number of aliphatic hydroxyl groups excluding tert-OH is 2. The molecule has 0 aliphatic heterocycles. The van der Waals surface area contributed by atoms with E-state index in [1.165, 1.54) is 25.7 Å². The Balaban J connectivity index is 1.51. The molecular formula is C28H48O3. The van der Waals surface area contributed by atoms with E-state index >= 15 is 0 Å². The van der Waals surface area contributed by atoms with Crippen LogP contribution >= 0.6 is 0 Å². The first-order valence-corrected chi connectivity index (χ1v) is 13.3. The van der Waals surface area contributed by atoms with Gasteiger partial charge in [0.25, 0.3) is 0 Å². The zero-order valence-corrected chi connectivity index (χ0v) is 21.0.